The highest BCUT2D eigenvalue weighted by Gasteiger charge is 2.14. The highest BCUT2D eigenvalue weighted by molar-refractivity contribution is 6.42. The number of hydrogen-bond acceptors (Lipinski definition) is 4. The fourth-order valence-corrected chi connectivity index (χ4v) is 1.95. The number of halogens is 2. The van der Waals surface area contributed by atoms with Gasteiger partial charge in [0.25, 0.3) is 0 Å². The first-order chi connectivity index (χ1) is 10.5. The molecule has 0 aliphatic carbocycles. The molecule has 114 valence electrons. The molecule has 2 amide bonds. The number of carbonyl (C=O) groups excluding carboxylic acids is 2. The summed E-state index contributed by atoms with van der Waals surface area (Å²) in [5, 5.41) is 6.62. The molecule has 0 atom stereocenters. The lowest BCUT2D eigenvalue weighted by atomic mass is 10.3. The average Bonchev–Trinajstić information content (AvgIpc) is 2.87. The normalized spacial score (nSPS) is 10.7. The van der Waals surface area contributed by atoms with Crippen LogP contribution in [-0.4, -0.2) is 18.0 Å². The van der Waals surface area contributed by atoms with E-state index in [2.05, 4.69) is 15.8 Å². The lowest BCUT2D eigenvalue weighted by Gasteiger charge is -2.06. The maximum atomic E-state index is 11.7. The molecule has 0 saturated carbocycles. The highest BCUT2D eigenvalue weighted by Crippen LogP contribution is 2.25. The third kappa shape index (κ3) is 4.34. The minimum Gasteiger partial charge on any atom is -0.460 e. The van der Waals surface area contributed by atoms with Crippen molar-refractivity contribution in [2.24, 2.45) is 5.10 Å². The molecular weight excluding hydrogens is 329 g/mol. The molecule has 1 aromatic heterocycles. The molecule has 6 nitrogen and oxygen atoms in total. The Hall–Kier alpha value is -2.31. The molecule has 2 rings (SSSR count). The summed E-state index contributed by atoms with van der Waals surface area (Å²) in [6, 6.07) is 7.91. The fraction of sp³-hybridized carbons (Fsp3) is 0.0714. The average molecular weight is 340 g/mol. The molecule has 0 saturated heterocycles. The Morgan fingerprint density at radius 3 is 2.59 bits per heavy atom. The van der Waals surface area contributed by atoms with Crippen LogP contribution in [-0.2, 0) is 9.59 Å². The summed E-state index contributed by atoms with van der Waals surface area (Å²) >= 11 is 11.6. The topological polar surface area (TPSA) is 83.7 Å². The third-order valence-electron chi connectivity index (χ3n) is 2.50. The quantitative estimate of drug-likeness (QED) is 0.512. The van der Waals surface area contributed by atoms with Gasteiger partial charge in [-0.1, -0.05) is 23.2 Å². The molecule has 0 unspecified atom stereocenters. The second-order valence-electron chi connectivity index (χ2n) is 4.23. The van der Waals surface area contributed by atoms with E-state index < -0.39 is 11.8 Å². The van der Waals surface area contributed by atoms with Crippen LogP contribution < -0.4 is 10.7 Å². The van der Waals surface area contributed by atoms with E-state index in [-0.39, 0.29) is 10.7 Å². The Labute approximate surface area is 136 Å². The molecule has 1 aromatic carbocycles. The number of hydrazone groups is 1. The number of rotatable bonds is 3. The van der Waals surface area contributed by atoms with Crippen molar-refractivity contribution in [3.8, 4) is 0 Å². The van der Waals surface area contributed by atoms with E-state index in [0.29, 0.717) is 16.5 Å². The number of nitrogens with zero attached hydrogens (tertiary/aromatic N) is 1. The van der Waals surface area contributed by atoms with Crippen molar-refractivity contribution in [3.05, 3.63) is 51.9 Å². The van der Waals surface area contributed by atoms with E-state index in [1.165, 1.54) is 18.3 Å². The highest BCUT2D eigenvalue weighted by atomic mass is 35.5. The molecule has 0 bridgehead atoms. The predicted molar refractivity (Wildman–Crippen MR) is 84.3 cm³/mol. The Kier molecular flexibility index (Phi) is 5.19. The fourth-order valence-electron chi connectivity index (χ4n) is 1.50. The number of hydrogen-bond donors (Lipinski definition) is 2. The number of aryl methyl sites for hydroxylation is 1. The van der Waals surface area contributed by atoms with Crippen LogP contribution in [0, 0.1) is 6.92 Å². The molecule has 1 heterocycles. The Morgan fingerprint density at radius 1 is 1.18 bits per heavy atom. The molecule has 22 heavy (non-hydrogen) atoms. The van der Waals surface area contributed by atoms with Crippen LogP contribution in [0.3, 0.4) is 0 Å². The van der Waals surface area contributed by atoms with E-state index in [4.69, 9.17) is 27.6 Å². The maximum absolute atomic E-state index is 11.7. The van der Waals surface area contributed by atoms with Crippen molar-refractivity contribution < 1.29 is 14.0 Å². The van der Waals surface area contributed by atoms with Gasteiger partial charge in [0, 0.05) is 5.02 Å². The summed E-state index contributed by atoms with van der Waals surface area (Å²) in [5.41, 5.74) is 2.36. The monoisotopic (exact) mass is 339 g/mol. The van der Waals surface area contributed by atoms with Crippen molar-refractivity contribution in [3.63, 3.8) is 0 Å². The molecule has 0 aliphatic heterocycles. The van der Waals surface area contributed by atoms with Gasteiger partial charge in [-0.3, -0.25) is 9.59 Å². The minimum atomic E-state index is -0.939. The van der Waals surface area contributed by atoms with Crippen molar-refractivity contribution in [1.29, 1.82) is 0 Å². The first kappa shape index (κ1) is 16.1. The standard InChI is InChI=1S/C14H11Cl2N3O3/c1-8-2-4-10(22-8)7-17-19-14(21)13(20)18-12-5-3-9(15)6-11(12)16/h2-7H,1H3,(H,18,20)(H,19,21)/b17-7-. The van der Waals surface area contributed by atoms with E-state index in [1.807, 2.05) is 0 Å². The molecule has 2 aromatic rings. The molecular formula is C14H11Cl2N3O3. The Balaban J connectivity index is 1.92. The Bertz CT molecular complexity index is 741. The van der Waals surface area contributed by atoms with E-state index in [9.17, 15) is 9.59 Å². The van der Waals surface area contributed by atoms with Gasteiger partial charge in [0.1, 0.15) is 11.5 Å². The second-order valence-corrected chi connectivity index (χ2v) is 5.07. The Morgan fingerprint density at radius 2 is 1.95 bits per heavy atom. The second kappa shape index (κ2) is 7.11. The van der Waals surface area contributed by atoms with E-state index >= 15 is 0 Å². The van der Waals surface area contributed by atoms with Crippen LogP contribution in [0.5, 0.6) is 0 Å². The van der Waals surface area contributed by atoms with Gasteiger partial charge in [-0.2, -0.15) is 5.10 Å². The van der Waals surface area contributed by atoms with Gasteiger partial charge in [-0.25, -0.2) is 5.43 Å². The minimum absolute atomic E-state index is 0.225. The number of anilines is 1. The van der Waals surface area contributed by atoms with Gasteiger partial charge in [0.15, 0.2) is 0 Å². The van der Waals surface area contributed by atoms with Crippen LogP contribution in [0.1, 0.15) is 11.5 Å². The summed E-state index contributed by atoms with van der Waals surface area (Å²) in [5.74, 6) is -0.676. The number of nitrogens with one attached hydrogen (secondary N) is 2. The van der Waals surface area contributed by atoms with Crippen molar-refractivity contribution >= 4 is 46.9 Å². The first-order valence-electron chi connectivity index (χ1n) is 6.11. The summed E-state index contributed by atoms with van der Waals surface area (Å²) in [6.45, 7) is 1.78. The summed E-state index contributed by atoms with van der Waals surface area (Å²) in [4.78, 5) is 23.3. The SMILES string of the molecule is Cc1ccc(/C=N\NC(=O)C(=O)Nc2ccc(Cl)cc2Cl)o1. The largest absolute Gasteiger partial charge is 0.460 e. The van der Waals surface area contributed by atoms with Crippen LogP contribution in [0.25, 0.3) is 0 Å². The van der Waals surface area contributed by atoms with Crippen LogP contribution in [0.2, 0.25) is 10.0 Å². The van der Waals surface area contributed by atoms with Crippen molar-refractivity contribution in [2.45, 2.75) is 6.92 Å². The van der Waals surface area contributed by atoms with Gasteiger partial charge in [-0.05, 0) is 37.3 Å². The number of benzene rings is 1. The number of amides is 2. The maximum Gasteiger partial charge on any atom is 0.329 e. The number of furan rings is 1. The van der Waals surface area contributed by atoms with Crippen LogP contribution in [0.4, 0.5) is 5.69 Å². The molecule has 8 heteroatoms. The molecule has 2 N–H and O–H groups in total. The lowest BCUT2D eigenvalue weighted by Crippen LogP contribution is -2.32. The van der Waals surface area contributed by atoms with Gasteiger partial charge in [-0.15, -0.1) is 0 Å². The van der Waals surface area contributed by atoms with E-state index in [0.717, 1.165) is 0 Å². The summed E-state index contributed by atoms with van der Waals surface area (Å²) in [7, 11) is 0. The molecule has 0 spiro atoms. The molecule has 0 aliphatic rings. The molecule has 0 radical (unpaired) electrons. The van der Waals surface area contributed by atoms with Crippen molar-refractivity contribution in [1.82, 2.24) is 5.43 Å². The third-order valence-corrected chi connectivity index (χ3v) is 3.05. The van der Waals surface area contributed by atoms with Crippen LogP contribution >= 0.6 is 23.2 Å². The van der Waals surface area contributed by atoms with Crippen LogP contribution in [0.15, 0.2) is 39.9 Å². The zero-order valence-electron chi connectivity index (χ0n) is 11.4. The zero-order valence-corrected chi connectivity index (χ0v) is 12.9. The van der Waals surface area contributed by atoms with Gasteiger partial charge >= 0.3 is 11.8 Å². The summed E-state index contributed by atoms with van der Waals surface area (Å²) in [6.07, 6.45) is 1.29. The van der Waals surface area contributed by atoms with Crippen molar-refractivity contribution in [2.75, 3.05) is 5.32 Å². The number of carbonyl (C=O) groups is 2. The van der Waals surface area contributed by atoms with Gasteiger partial charge in [0.05, 0.1) is 16.9 Å². The molecule has 0 fully saturated rings. The predicted octanol–water partition coefficient (Wildman–Crippen LogP) is 2.98. The van der Waals surface area contributed by atoms with E-state index in [1.54, 1.807) is 25.1 Å². The summed E-state index contributed by atoms with van der Waals surface area (Å²) < 4.78 is 5.22. The zero-order chi connectivity index (χ0) is 16.1. The lowest BCUT2D eigenvalue weighted by molar-refractivity contribution is -0.136. The smallest absolute Gasteiger partial charge is 0.329 e. The van der Waals surface area contributed by atoms with Gasteiger partial charge < -0.3 is 9.73 Å². The first-order valence-corrected chi connectivity index (χ1v) is 6.87. The van der Waals surface area contributed by atoms with Gasteiger partial charge in [0.2, 0.25) is 0 Å².